The number of halogens is 1. The van der Waals surface area contributed by atoms with Crippen LogP contribution >= 0.6 is 12.2 Å². The lowest BCUT2D eigenvalue weighted by Crippen LogP contribution is -2.54. The average Bonchev–Trinajstić information content (AvgIpc) is 2.87. The topological polar surface area (TPSA) is 97.0 Å². The minimum absolute atomic E-state index is 0.108. The van der Waals surface area contributed by atoms with Crippen molar-refractivity contribution in [2.45, 2.75) is 0 Å². The summed E-state index contributed by atoms with van der Waals surface area (Å²) in [6.45, 7) is -0.253. The summed E-state index contributed by atoms with van der Waals surface area (Å²) >= 11 is 5.14. The molecule has 0 atom stereocenters. The van der Waals surface area contributed by atoms with Crippen molar-refractivity contribution in [1.29, 1.82) is 0 Å². The predicted molar refractivity (Wildman–Crippen MR) is 136 cm³/mol. The molecule has 3 aromatic carbocycles. The molecule has 0 unspecified atom stereocenters. The second-order valence-corrected chi connectivity index (χ2v) is 7.93. The van der Waals surface area contributed by atoms with E-state index in [0.717, 1.165) is 4.90 Å². The van der Waals surface area contributed by atoms with Crippen LogP contribution in [0.25, 0.3) is 6.08 Å². The summed E-state index contributed by atoms with van der Waals surface area (Å²) in [6, 6.07) is 18.8. The molecule has 36 heavy (non-hydrogen) atoms. The third-order valence-corrected chi connectivity index (χ3v) is 5.39. The Hall–Kier alpha value is -4.57. The van der Waals surface area contributed by atoms with Crippen LogP contribution in [0.5, 0.6) is 11.5 Å². The smallest absolute Gasteiger partial charge is 0.270 e. The molecule has 3 aromatic rings. The quantitative estimate of drug-likeness (QED) is 0.289. The number of carbonyl (C=O) groups is 3. The zero-order valence-corrected chi connectivity index (χ0v) is 19.8. The number of carbonyl (C=O) groups excluding carboxylic acids is 3. The summed E-state index contributed by atoms with van der Waals surface area (Å²) in [7, 11) is 1.43. The van der Waals surface area contributed by atoms with E-state index in [0.29, 0.717) is 28.4 Å². The molecule has 1 saturated heterocycles. The number of hydrogen-bond donors (Lipinski definition) is 2. The Morgan fingerprint density at radius 3 is 2.47 bits per heavy atom. The van der Waals surface area contributed by atoms with Gasteiger partial charge in [-0.05, 0) is 72.4 Å². The first kappa shape index (κ1) is 24.6. The Morgan fingerprint density at radius 2 is 1.78 bits per heavy atom. The molecule has 1 fully saturated rings. The van der Waals surface area contributed by atoms with Crippen LogP contribution in [-0.4, -0.2) is 36.6 Å². The van der Waals surface area contributed by atoms with Crippen molar-refractivity contribution in [3.63, 3.8) is 0 Å². The highest BCUT2D eigenvalue weighted by Gasteiger charge is 2.34. The minimum Gasteiger partial charge on any atom is -0.493 e. The third-order valence-electron chi connectivity index (χ3n) is 5.10. The van der Waals surface area contributed by atoms with Crippen LogP contribution in [0.1, 0.15) is 5.56 Å². The van der Waals surface area contributed by atoms with Crippen LogP contribution in [0, 0.1) is 5.82 Å². The van der Waals surface area contributed by atoms with Gasteiger partial charge in [0, 0.05) is 5.69 Å². The monoisotopic (exact) mass is 505 g/mol. The van der Waals surface area contributed by atoms with Crippen LogP contribution < -0.4 is 25.0 Å². The van der Waals surface area contributed by atoms with E-state index < -0.39 is 17.6 Å². The van der Waals surface area contributed by atoms with E-state index in [1.54, 1.807) is 42.5 Å². The fourth-order valence-corrected chi connectivity index (χ4v) is 3.68. The number of rotatable bonds is 7. The Labute approximate surface area is 211 Å². The number of benzene rings is 3. The number of nitrogens with zero attached hydrogens (tertiary/aromatic N) is 1. The summed E-state index contributed by atoms with van der Waals surface area (Å²) < 4.78 is 24.3. The normalized spacial score (nSPS) is 14.4. The first-order valence-electron chi connectivity index (χ1n) is 10.7. The maximum Gasteiger partial charge on any atom is 0.270 e. The van der Waals surface area contributed by atoms with Gasteiger partial charge >= 0.3 is 0 Å². The number of anilines is 2. The maximum atomic E-state index is 13.3. The summed E-state index contributed by atoms with van der Waals surface area (Å²) in [5.74, 6) is -1.55. The Morgan fingerprint density at radius 1 is 1.06 bits per heavy atom. The van der Waals surface area contributed by atoms with Gasteiger partial charge in [0.15, 0.2) is 23.2 Å². The average molecular weight is 506 g/mol. The lowest BCUT2D eigenvalue weighted by Gasteiger charge is -2.28. The standard InChI is InChI=1S/C26H20FN3O5S/c1-34-22-14-16(7-12-21(22)35-15-23(31)28-18-5-3-2-4-6-18)13-20-24(32)29-26(36)30(25(20)33)19-10-8-17(27)9-11-19/h2-14H,15H2,1H3,(H,28,31)(H,29,32,36)/b20-13-. The maximum absolute atomic E-state index is 13.3. The predicted octanol–water partition coefficient (Wildman–Crippen LogP) is 3.68. The van der Waals surface area contributed by atoms with Crippen molar-refractivity contribution in [3.05, 3.63) is 89.8 Å². The molecule has 0 saturated carbocycles. The largest absolute Gasteiger partial charge is 0.493 e. The van der Waals surface area contributed by atoms with Crippen LogP contribution in [0.3, 0.4) is 0 Å². The SMILES string of the molecule is COc1cc(/C=C2/C(=O)NC(=S)N(c3ccc(F)cc3)C2=O)ccc1OCC(=O)Nc1ccccc1. The van der Waals surface area contributed by atoms with E-state index in [2.05, 4.69) is 10.6 Å². The second kappa shape index (κ2) is 10.8. The number of hydrogen-bond acceptors (Lipinski definition) is 6. The van der Waals surface area contributed by atoms with Crippen LogP contribution in [0.15, 0.2) is 78.4 Å². The van der Waals surface area contributed by atoms with E-state index in [9.17, 15) is 18.8 Å². The number of nitrogens with one attached hydrogen (secondary N) is 2. The van der Waals surface area contributed by atoms with Gasteiger partial charge < -0.3 is 14.8 Å². The van der Waals surface area contributed by atoms with Gasteiger partial charge in [-0.25, -0.2) is 4.39 Å². The molecular weight excluding hydrogens is 485 g/mol. The first-order valence-corrected chi connectivity index (χ1v) is 11.1. The molecule has 0 aliphatic carbocycles. The lowest BCUT2D eigenvalue weighted by atomic mass is 10.1. The van der Waals surface area contributed by atoms with Crippen molar-refractivity contribution >= 4 is 52.5 Å². The van der Waals surface area contributed by atoms with Gasteiger partial charge in [0.1, 0.15) is 11.4 Å². The zero-order valence-electron chi connectivity index (χ0n) is 19.0. The molecule has 0 aromatic heterocycles. The van der Waals surface area contributed by atoms with Gasteiger partial charge in [0.25, 0.3) is 17.7 Å². The van der Waals surface area contributed by atoms with Gasteiger partial charge in [0.05, 0.1) is 12.8 Å². The van der Waals surface area contributed by atoms with Gasteiger partial charge in [-0.15, -0.1) is 0 Å². The molecule has 0 spiro atoms. The van der Waals surface area contributed by atoms with E-state index in [-0.39, 0.29) is 23.2 Å². The highest BCUT2D eigenvalue weighted by molar-refractivity contribution is 7.80. The van der Waals surface area contributed by atoms with E-state index in [1.165, 1.54) is 37.5 Å². The fourth-order valence-electron chi connectivity index (χ4n) is 3.40. The summed E-state index contributed by atoms with van der Waals surface area (Å²) in [6.07, 6.45) is 1.38. The molecule has 4 rings (SSSR count). The summed E-state index contributed by atoms with van der Waals surface area (Å²) in [5.41, 5.74) is 1.25. The molecule has 1 heterocycles. The molecule has 8 nitrogen and oxygen atoms in total. The van der Waals surface area contributed by atoms with Crippen LogP contribution in [0.2, 0.25) is 0 Å². The van der Waals surface area contributed by atoms with Gasteiger partial charge in [-0.3, -0.25) is 24.6 Å². The molecule has 0 bridgehead atoms. The number of methoxy groups -OCH3 is 1. The Balaban J connectivity index is 1.51. The van der Waals surface area contributed by atoms with Crippen molar-refractivity contribution in [1.82, 2.24) is 5.32 Å². The molecular formula is C26H20FN3O5S. The molecule has 3 amide bonds. The number of ether oxygens (including phenoxy) is 2. The highest BCUT2D eigenvalue weighted by atomic mass is 32.1. The van der Waals surface area contributed by atoms with Gasteiger partial charge in [-0.1, -0.05) is 24.3 Å². The Bertz CT molecular complexity index is 1360. The molecule has 182 valence electrons. The van der Waals surface area contributed by atoms with E-state index in [4.69, 9.17) is 21.7 Å². The van der Waals surface area contributed by atoms with E-state index in [1.807, 2.05) is 6.07 Å². The molecule has 1 aliphatic rings. The van der Waals surface area contributed by atoms with Crippen molar-refractivity contribution in [2.24, 2.45) is 0 Å². The molecule has 2 N–H and O–H groups in total. The highest BCUT2D eigenvalue weighted by Crippen LogP contribution is 2.30. The molecule has 1 aliphatic heterocycles. The molecule has 10 heteroatoms. The fraction of sp³-hybridized carbons (Fsp3) is 0.0769. The van der Waals surface area contributed by atoms with E-state index >= 15 is 0 Å². The van der Waals surface area contributed by atoms with Crippen molar-refractivity contribution < 1.29 is 28.2 Å². The lowest BCUT2D eigenvalue weighted by molar-refractivity contribution is -0.122. The summed E-state index contributed by atoms with van der Waals surface area (Å²) in [4.78, 5) is 38.9. The van der Waals surface area contributed by atoms with Crippen LogP contribution in [-0.2, 0) is 14.4 Å². The Kier molecular flexibility index (Phi) is 7.36. The summed E-state index contributed by atoms with van der Waals surface area (Å²) in [5, 5.41) is 5.08. The van der Waals surface area contributed by atoms with Crippen molar-refractivity contribution in [3.8, 4) is 11.5 Å². The second-order valence-electron chi connectivity index (χ2n) is 7.55. The van der Waals surface area contributed by atoms with Gasteiger partial charge in [-0.2, -0.15) is 0 Å². The number of thiocarbonyl (C=S) groups is 1. The van der Waals surface area contributed by atoms with Crippen molar-refractivity contribution in [2.75, 3.05) is 23.9 Å². The number of amides is 3. The van der Waals surface area contributed by atoms with Gasteiger partial charge in [0.2, 0.25) is 0 Å². The molecule has 0 radical (unpaired) electrons. The minimum atomic E-state index is -0.666. The number of para-hydroxylation sites is 1. The first-order chi connectivity index (χ1) is 17.4. The zero-order chi connectivity index (χ0) is 25.7. The van der Waals surface area contributed by atoms with Crippen LogP contribution in [0.4, 0.5) is 15.8 Å². The third kappa shape index (κ3) is 5.56.